The molecule has 0 spiro atoms. The number of guanidine groups is 1. The van der Waals surface area contributed by atoms with Crippen LogP contribution in [0.2, 0.25) is 0 Å². The van der Waals surface area contributed by atoms with Crippen molar-refractivity contribution in [3.05, 3.63) is 59.8 Å². The lowest BCUT2D eigenvalue weighted by Crippen LogP contribution is -2.36. The standard InChI is InChI=1S/C21H29N5.HI/c1-22-21(24-15-18-9-5-4-6-10-18)25-17-19-11-12-20(23-16-19)26-13-7-2-3-8-14-26;/h4-6,9-12,16H,2-3,7-8,13-15,17H2,1H3,(H2,22,24,25);1H. The molecule has 1 aliphatic rings. The Kier molecular flexibility index (Phi) is 9.38. The average Bonchev–Trinajstić information content (AvgIpc) is 2.99. The molecule has 2 N–H and O–H groups in total. The second-order valence-corrected chi connectivity index (χ2v) is 6.69. The van der Waals surface area contributed by atoms with Crippen LogP contribution >= 0.6 is 24.0 Å². The van der Waals surface area contributed by atoms with Gasteiger partial charge in [0.05, 0.1) is 0 Å². The Morgan fingerprint density at radius 1 is 0.926 bits per heavy atom. The van der Waals surface area contributed by atoms with Crippen molar-refractivity contribution in [3.8, 4) is 0 Å². The van der Waals surface area contributed by atoms with Gasteiger partial charge < -0.3 is 15.5 Å². The van der Waals surface area contributed by atoms with Gasteiger partial charge in [-0.05, 0) is 30.0 Å². The fourth-order valence-electron chi connectivity index (χ4n) is 3.20. The maximum absolute atomic E-state index is 4.67. The summed E-state index contributed by atoms with van der Waals surface area (Å²) in [5.41, 5.74) is 2.39. The second kappa shape index (κ2) is 11.8. The Balaban J connectivity index is 0.00000261. The Bertz CT molecular complexity index is 679. The molecule has 0 amide bonds. The van der Waals surface area contributed by atoms with E-state index in [-0.39, 0.29) is 24.0 Å². The third-order valence-electron chi connectivity index (χ3n) is 4.73. The predicted molar refractivity (Wildman–Crippen MR) is 124 cm³/mol. The fourth-order valence-corrected chi connectivity index (χ4v) is 3.20. The summed E-state index contributed by atoms with van der Waals surface area (Å²) in [6.07, 6.45) is 7.20. The lowest BCUT2D eigenvalue weighted by atomic mass is 10.2. The van der Waals surface area contributed by atoms with Gasteiger partial charge in [-0.15, -0.1) is 24.0 Å². The van der Waals surface area contributed by atoms with E-state index in [9.17, 15) is 0 Å². The number of hydrogen-bond acceptors (Lipinski definition) is 3. The molecule has 3 rings (SSSR count). The molecule has 0 bridgehead atoms. The minimum absolute atomic E-state index is 0. The van der Waals surface area contributed by atoms with Gasteiger partial charge in [-0.1, -0.05) is 49.2 Å². The third-order valence-corrected chi connectivity index (χ3v) is 4.73. The van der Waals surface area contributed by atoms with Gasteiger partial charge >= 0.3 is 0 Å². The highest BCUT2D eigenvalue weighted by molar-refractivity contribution is 14.0. The van der Waals surface area contributed by atoms with Gasteiger partial charge in [0.2, 0.25) is 0 Å². The zero-order valence-electron chi connectivity index (χ0n) is 16.0. The molecule has 0 saturated carbocycles. The number of aliphatic imine (C=N–C) groups is 1. The van der Waals surface area contributed by atoms with Crippen LogP contribution in [0.25, 0.3) is 0 Å². The first-order chi connectivity index (χ1) is 12.8. The molecule has 1 aromatic carbocycles. The fraction of sp³-hybridized carbons (Fsp3) is 0.429. The smallest absolute Gasteiger partial charge is 0.191 e. The summed E-state index contributed by atoms with van der Waals surface area (Å²) in [6, 6.07) is 14.6. The number of pyridine rings is 1. The lowest BCUT2D eigenvalue weighted by Gasteiger charge is -2.21. The predicted octanol–water partition coefficient (Wildman–Crippen LogP) is 3.95. The van der Waals surface area contributed by atoms with Gasteiger partial charge in [-0.3, -0.25) is 4.99 Å². The Morgan fingerprint density at radius 2 is 1.59 bits per heavy atom. The van der Waals surface area contributed by atoms with E-state index in [2.05, 4.69) is 49.8 Å². The molecule has 1 aromatic heterocycles. The second-order valence-electron chi connectivity index (χ2n) is 6.69. The summed E-state index contributed by atoms with van der Waals surface area (Å²) in [5.74, 6) is 1.90. The highest BCUT2D eigenvalue weighted by atomic mass is 127. The maximum atomic E-state index is 4.67. The Morgan fingerprint density at radius 3 is 2.19 bits per heavy atom. The summed E-state index contributed by atoms with van der Waals surface area (Å²) in [6.45, 7) is 3.72. The van der Waals surface area contributed by atoms with Crippen LogP contribution < -0.4 is 15.5 Å². The van der Waals surface area contributed by atoms with Crippen LogP contribution in [0.15, 0.2) is 53.7 Å². The van der Waals surface area contributed by atoms with Crippen molar-refractivity contribution in [2.45, 2.75) is 38.8 Å². The van der Waals surface area contributed by atoms with Crippen molar-refractivity contribution in [2.24, 2.45) is 4.99 Å². The average molecular weight is 479 g/mol. The SMILES string of the molecule is CN=C(NCc1ccccc1)NCc1ccc(N2CCCCCC2)nc1.I. The summed E-state index contributed by atoms with van der Waals surface area (Å²) in [5, 5.41) is 6.69. The molecule has 1 saturated heterocycles. The van der Waals surface area contributed by atoms with E-state index >= 15 is 0 Å². The van der Waals surface area contributed by atoms with Gasteiger partial charge in [0.25, 0.3) is 0 Å². The van der Waals surface area contributed by atoms with E-state index in [1.54, 1.807) is 7.05 Å². The zero-order chi connectivity index (χ0) is 18.0. The third kappa shape index (κ3) is 7.01. The van der Waals surface area contributed by atoms with Crippen LogP contribution in [0, 0.1) is 0 Å². The molecule has 2 aromatic rings. The minimum Gasteiger partial charge on any atom is -0.357 e. The molecule has 146 valence electrons. The molecule has 0 unspecified atom stereocenters. The molecular weight excluding hydrogens is 449 g/mol. The van der Waals surface area contributed by atoms with Crippen molar-refractivity contribution in [1.82, 2.24) is 15.6 Å². The van der Waals surface area contributed by atoms with Crippen molar-refractivity contribution in [3.63, 3.8) is 0 Å². The monoisotopic (exact) mass is 479 g/mol. The first-order valence-corrected chi connectivity index (χ1v) is 9.53. The van der Waals surface area contributed by atoms with Gasteiger partial charge in [0.15, 0.2) is 5.96 Å². The highest BCUT2D eigenvalue weighted by Crippen LogP contribution is 2.17. The number of nitrogens with one attached hydrogen (secondary N) is 2. The number of benzene rings is 1. The molecule has 5 nitrogen and oxygen atoms in total. The van der Waals surface area contributed by atoms with E-state index in [0.717, 1.165) is 37.0 Å². The summed E-state index contributed by atoms with van der Waals surface area (Å²) in [4.78, 5) is 11.4. The van der Waals surface area contributed by atoms with Crippen LogP contribution in [-0.2, 0) is 13.1 Å². The molecule has 1 aliphatic heterocycles. The van der Waals surface area contributed by atoms with Gasteiger partial charge in [-0.25, -0.2) is 4.98 Å². The largest absolute Gasteiger partial charge is 0.357 e. The first-order valence-electron chi connectivity index (χ1n) is 9.53. The summed E-state index contributed by atoms with van der Waals surface area (Å²) < 4.78 is 0. The maximum Gasteiger partial charge on any atom is 0.191 e. The van der Waals surface area contributed by atoms with Crippen molar-refractivity contribution in [2.75, 3.05) is 25.0 Å². The number of anilines is 1. The number of halogens is 1. The zero-order valence-corrected chi connectivity index (χ0v) is 18.4. The Hall–Kier alpha value is -1.83. The van der Waals surface area contributed by atoms with E-state index in [1.807, 2.05) is 24.4 Å². The van der Waals surface area contributed by atoms with Gasteiger partial charge in [0.1, 0.15) is 5.82 Å². The molecule has 0 aliphatic carbocycles. The van der Waals surface area contributed by atoms with Gasteiger partial charge in [-0.2, -0.15) is 0 Å². The summed E-state index contributed by atoms with van der Waals surface area (Å²) >= 11 is 0. The Labute approximate surface area is 179 Å². The molecule has 27 heavy (non-hydrogen) atoms. The summed E-state index contributed by atoms with van der Waals surface area (Å²) in [7, 11) is 1.79. The van der Waals surface area contributed by atoms with Crippen molar-refractivity contribution >= 4 is 35.8 Å². The van der Waals surface area contributed by atoms with E-state index in [1.165, 1.54) is 31.2 Å². The highest BCUT2D eigenvalue weighted by Gasteiger charge is 2.10. The molecule has 6 heteroatoms. The molecule has 1 fully saturated rings. The van der Waals surface area contributed by atoms with Crippen LogP contribution in [0.5, 0.6) is 0 Å². The van der Waals surface area contributed by atoms with Crippen LogP contribution in [-0.4, -0.2) is 31.1 Å². The number of nitrogens with zero attached hydrogens (tertiary/aromatic N) is 3. The molecule has 0 atom stereocenters. The van der Waals surface area contributed by atoms with E-state index < -0.39 is 0 Å². The van der Waals surface area contributed by atoms with Crippen molar-refractivity contribution in [1.29, 1.82) is 0 Å². The number of rotatable bonds is 5. The van der Waals surface area contributed by atoms with Crippen LogP contribution in [0.1, 0.15) is 36.8 Å². The van der Waals surface area contributed by atoms with E-state index in [4.69, 9.17) is 0 Å². The molecule has 0 radical (unpaired) electrons. The number of hydrogen-bond donors (Lipinski definition) is 2. The van der Waals surface area contributed by atoms with Crippen LogP contribution in [0.3, 0.4) is 0 Å². The van der Waals surface area contributed by atoms with Crippen molar-refractivity contribution < 1.29 is 0 Å². The lowest BCUT2D eigenvalue weighted by molar-refractivity contribution is 0.726. The normalized spacial score (nSPS) is 14.9. The minimum atomic E-state index is 0. The topological polar surface area (TPSA) is 52.6 Å². The first kappa shape index (κ1) is 21.5. The quantitative estimate of drug-likeness (QED) is 0.388. The molecule has 2 heterocycles. The van der Waals surface area contributed by atoms with E-state index in [0.29, 0.717) is 6.54 Å². The van der Waals surface area contributed by atoms with Gasteiger partial charge in [0, 0.05) is 39.4 Å². The number of aromatic nitrogens is 1. The molecular formula is C21H30IN5. The van der Waals surface area contributed by atoms with Crippen LogP contribution in [0.4, 0.5) is 5.82 Å².